The van der Waals surface area contributed by atoms with E-state index in [0.29, 0.717) is 19.3 Å². The summed E-state index contributed by atoms with van der Waals surface area (Å²) in [7, 11) is 0. The molecule has 0 heterocycles. The van der Waals surface area contributed by atoms with Crippen LogP contribution in [0, 0.1) is 0 Å². The molecule has 0 fully saturated rings. The fourth-order valence-corrected chi connectivity index (χ4v) is 5.99. The second-order valence-electron chi connectivity index (χ2n) is 15.3. The third kappa shape index (κ3) is 45.3. The maximum absolute atomic E-state index is 12.7. The van der Waals surface area contributed by atoms with Gasteiger partial charge in [-0.25, -0.2) is 0 Å². The van der Waals surface area contributed by atoms with Crippen molar-refractivity contribution >= 4 is 17.9 Å². The van der Waals surface area contributed by atoms with Crippen LogP contribution in [0.25, 0.3) is 0 Å². The Kier molecular flexibility index (Phi) is 44.1. The molecule has 0 saturated heterocycles. The Morgan fingerprint density at radius 2 is 0.729 bits per heavy atom. The zero-order chi connectivity index (χ0) is 43.0. The first-order valence-corrected chi connectivity index (χ1v) is 23.7. The van der Waals surface area contributed by atoms with E-state index in [1.165, 1.54) is 32.1 Å². The maximum atomic E-state index is 12.7. The Morgan fingerprint density at radius 1 is 0.356 bits per heavy atom. The Labute approximate surface area is 362 Å². The van der Waals surface area contributed by atoms with Gasteiger partial charge in [0, 0.05) is 19.3 Å². The second-order valence-corrected chi connectivity index (χ2v) is 15.3. The topological polar surface area (TPSA) is 78.9 Å². The average molecular weight is 819 g/mol. The highest BCUT2D eigenvalue weighted by Crippen LogP contribution is 2.12. The molecule has 0 N–H and O–H groups in total. The lowest BCUT2D eigenvalue weighted by Crippen LogP contribution is -2.30. The van der Waals surface area contributed by atoms with Crippen molar-refractivity contribution in [2.75, 3.05) is 13.2 Å². The van der Waals surface area contributed by atoms with Gasteiger partial charge in [-0.1, -0.05) is 176 Å². The summed E-state index contributed by atoms with van der Waals surface area (Å²) in [5.41, 5.74) is 0. The van der Waals surface area contributed by atoms with E-state index in [1.807, 2.05) is 12.2 Å². The predicted octanol–water partition coefficient (Wildman–Crippen LogP) is 15.4. The number of rotatable bonds is 41. The van der Waals surface area contributed by atoms with E-state index in [2.05, 4.69) is 106 Å². The van der Waals surface area contributed by atoms with Crippen LogP contribution in [-0.2, 0) is 28.6 Å². The summed E-state index contributed by atoms with van der Waals surface area (Å²) in [6.07, 6.45) is 61.1. The predicted molar refractivity (Wildman–Crippen MR) is 251 cm³/mol. The molecule has 0 rings (SSSR count). The zero-order valence-corrected chi connectivity index (χ0v) is 38.0. The molecule has 0 bridgehead atoms. The summed E-state index contributed by atoms with van der Waals surface area (Å²) in [4.78, 5) is 37.8. The minimum atomic E-state index is -0.826. The summed E-state index contributed by atoms with van der Waals surface area (Å²) < 4.78 is 16.6. The lowest BCUT2D eigenvalue weighted by Gasteiger charge is -2.18. The van der Waals surface area contributed by atoms with Crippen LogP contribution in [0.3, 0.4) is 0 Å². The average Bonchev–Trinajstić information content (AvgIpc) is 3.23. The molecule has 0 amide bonds. The van der Waals surface area contributed by atoms with E-state index in [0.717, 1.165) is 122 Å². The van der Waals surface area contributed by atoms with Crippen LogP contribution in [0.2, 0.25) is 0 Å². The number of hydrogen-bond acceptors (Lipinski definition) is 6. The Hall–Kier alpha value is -3.67. The van der Waals surface area contributed by atoms with Crippen molar-refractivity contribution in [1.29, 1.82) is 0 Å². The first-order chi connectivity index (χ1) is 29.0. The number of unbranched alkanes of at least 4 members (excludes halogenated alkanes) is 14. The van der Waals surface area contributed by atoms with Gasteiger partial charge in [-0.3, -0.25) is 14.4 Å². The van der Waals surface area contributed by atoms with Gasteiger partial charge in [0.25, 0.3) is 0 Å². The van der Waals surface area contributed by atoms with E-state index < -0.39 is 12.1 Å². The van der Waals surface area contributed by atoms with Gasteiger partial charge in [0.2, 0.25) is 0 Å². The molecule has 59 heavy (non-hydrogen) atoms. The third-order valence-corrected chi connectivity index (χ3v) is 9.54. The fraction of sp³-hybridized carbons (Fsp3) is 0.642. The normalized spacial score (nSPS) is 12.9. The van der Waals surface area contributed by atoms with Crippen LogP contribution in [0.15, 0.2) is 97.2 Å². The molecule has 0 spiro atoms. The molecule has 1 atom stereocenters. The van der Waals surface area contributed by atoms with Gasteiger partial charge in [-0.2, -0.15) is 0 Å². The van der Waals surface area contributed by atoms with Gasteiger partial charge in [-0.15, -0.1) is 0 Å². The van der Waals surface area contributed by atoms with Crippen LogP contribution < -0.4 is 0 Å². The molecular weight excluding hydrogens is 733 g/mol. The number of ether oxygens (including phenoxy) is 3. The Morgan fingerprint density at radius 3 is 1.17 bits per heavy atom. The molecule has 0 saturated carbocycles. The number of allylic oxidation sites excluding steroid dienone is 16. The quantitative estimate of drug-likeness (QED) is 0.0265. The van der Waals surface area contributed by atoms with E-state index in [4.69, 9.17) is 14.2 Å². The van der Waals surface area contributed by atoms with Crippen molar-refractivity contribution in [3.63, 3.8) is 0 Å². The van der Waals surface area contributed by atoms with Crippen LogP contribution in [-0.4, -0.2) is 37.2 Å². The molecule has 6 nitrogen and oxygen atoms in total. The second kappa shape index (κ2) is 47.0. The summed E-state index contributed by atoms with van der Waals surface area (Å²) in [6, 6.07) is 0. The van der Waals surface area contributed by atoms with Gasteiger partial charge in [0.1, 0.15) is 13.2 Å². The van der Waals surface area contributed by atoms with Gasteiger partial charge < -0.3 is 14.2 Å². The molecule has 334 valence electrons. The standard InChI is InChI=1S/C53H86O6/c1-4-7-10-13-16-19-22-25-26-29-31-34-37-40-43-46-52(55)58-49-50(59-53(56)47-44-41-38-35-32-28-24-21-18-15-12-9-6-3)48-57-51(54)45-42-39-36-33-30-27-23-20-17-14-11-8-5-2/h9,11-12,14,16,18-21,23,25-26,28,32,38,41,50H,4-8,10,13,15,17,22,24,27,29-31,33-37,39-40,42-49H2,1-3H3/b12-9-,14-11-,19-16-,21-18-,23-20-,26-25-,32-28-,41-38-. The third-order valence-electron chi connectivity index (χ3n) is 9.54. The van der Waals surface area contributed by atoms with Gasteiger partial charge in [-0.05, 0) is 103 Å². The molecule has 0 aliphatic rings. The van der Waals surface area contributed by atoms with E-state index in [-0.39, 0.29) is 31.6 Å². The van der Waals surface area contributed by atoms with Crippen LogP contribution in [0.4, 0.5) is 0 Å². The Balaban J connectivity index is 4.53. The summed E-state index contributed by atoms with van der Waals surface area (Å²) in [6.45, 7) is 6.32. The molecule has 0 aliphatic heterocycles. The maximum Gasteiger partial charge on any atom is 0.306 e. The van der Waals surface area contributed by atoms with Gasteiger partial charge in [0.15, 0.2) is 6.10 Å². The van der Waals surface area contributed by atoms with Crippen molar-refractivity contribution in [1.82, 2.24) is 0 Å². The highest BCUT2D eigenvalue weighted by molar-refractivity contribution is 5.71. The highest BCUT2D eigenvalue weighted by atomic mass is 16.6. The zero-order valence-electron chi connectivity index (χ0n) is 38.0. The van der Waals surface area contributed by atoms with Crippen molar-refractivity contribution < 1.29 is 28.6 Å². The summed E-state index contributed by atoms with van der Waals surface area (Å²) in [5, 5.41) is 0. The lowest BCUT2D eigenvalue weighted by molar-refractivity contribution is -0.166. The van der Waals surface area contributed by atoms with Crippen molar-refractivity contribution in [2.24, 2.45) is 0 Å². The minimum absolute atomic E-state index is 0.119. The van der Waals surface area contributed by atoms with E-state index >= 15 is 0 Å². The monoisotopic (exact) mass is 819 g/mol. The SMILES string of the molecule is CC/C=C\C/C=C\C/C=C\C/C=C\CCC(=O)OC(COC(=O)CCCCCCC/C=C\C/C=C\CCC)COC(=O)CCCCCCC/C=C\C/C=C\CCCCC. The Bertz CT molecular complexity index is 1220. The van der Waals surface area contributed by atoms with Crippen molar-refractivity contribution in [2.45, 2.75) is 207 Å². The fourth-order valence-electron chi connectivity index (χ4n) is 5.99. The smallest absolute Gasteiger partial charge is 0.306 e. The number of carbonyl (C=O) groups is 3. The molecule has 0 aromatic heterocycles. The molecular formula is C53H86O6. The van der Waals surface area contributed by atoms with Gasteiger partial charge >= 0.3 is 17.9 Å². The summed E-state index contributed by atoms with van der Waals surface area (Å²) in [5.74, 6) is -1.04. The first kappa shape index (κ1) is 55.3. The molecule has 0 radical (unpaired) electrons. The number of hydrogen-bond donors (Lipinski definition) is 0. The lowest BCUT2D eigenvalue weighted by atomic mass is 10.1. The molecule has 1 unspecified atom stereocenters. The van der Waals surface area contributed by atoms with Gasteiger partial charge in [0.05, 0.1) is 0 Å². The van der Waals surface area contributed by atoms with Crippen molar-refractivity contribution in [3.8, 4) is 0 Å². The first-order valence-electron chi connectivity index (χ1n) is 23.7. The minimum Gasteiger partial charge on any atom is -0.462 e. The molecule has 0 aliphatic carbocycles. The van der Waals surface area contributed by atoms with Crippen LogP contribution >= 0.6 is 0 Å². The molecule has 0 aromatic carbocycles. The number of esters is 3. The highest BCUT2D eigenvalue weighted by Gasteiger charge is 2.19. The molecule has 6 heteroatoms. The largest absolute Gasteiger partial charge is 0.462 e. The summed E-state index contributed by atoms with van der Waals surface area (Å²) >= 11 is 0. The van der Waals surface area contributed by atoms with Crippen LogP contribution in [0.5, 0.6) is 0 Å². The van der Waals surface area contributed by atoms with Crippen molar-refractivity contribution in [3.05, 3.63) is 97.2 Å². The number of carbonyl (C=O) groups excluding carboxylic acids is 3. The van der Waals surface area contributed by atoms with Crippen LogP contribution in [0.1, 0.15) is 201 Å². The molecule has 0 aromatic rings. The van der Waals surface area contributed by atoms with E-state index in [9.17, 15) is 14.4 Å². The van der Waals surface area contributed by atoms with E-state index in [1.54, 1.807) is 0 Å².